The van der Waals surface area contributed by atoms with Crippen LogP contribution in [-0.2, 0) is 15.1 Å². The molecule has 2 aliphatic heterocycles. The van der Waals surface area contributed by atoms with Crippen LogP contribution in [0.5, 0.6) is 11.8 Å². The third-order valence-corrected chi connectivity index (χ3v) is 8.07. The molecule has 0 N–H and O–H groups in total. The van der Waals surface area contributed by atoms with Gasteiger partial charge in [-0.15, -0.1) is 11.6 Å². The maximum absolute atomic E-state index is 12.2. The van der Waals surface area contributed by atoms with Crippen LogP contribution in [0.2, 0.25) is 0 Å². The van der Waals surface area contributed by atoms with Crippen LogP contribution in [0.25, 0.3) is 0 Å². The number of methoxy groups -OCH3 is 1. The summed E-state index contributed by atoms with van der Waals surface area (Å²) in [6.07, 6.45) is 1.30. The molecule has 0 spiro atoms. The number of fused-ring (bicyclic) bond motifs is 4. The number of halogens is 1. The van der Waals surface area contributed by atoms with E-state index in [4.69, 9.17) is 30.5 Å². The van der Waals surface area contributed by atoms with E-state index in [1.54, 1.807) is 24.8 Å². The molecule has 0 aliphatic carbocycles. The highest BCUT2D eigenvalue weighted by Crippen LogP contribution is 2.49. The summed E-state index contributed by atoms with van der Waals surface area (Å²) in [5.41, 5.74) is 1.09. The van der Waals surface area contributed by atoms with E-state index in [0.717, 1.165) is 22.4 Å². The number of nitrogens with zero attached hydrogens (tertiary/aromatic N) is 2. The minimum absolute atomic E-state index is 0.0927. The molecular formula is C31H29ClN2O5. The zero-order valence-corrected chi connectivity index (χ0v) is 22.5. The number of rotatable bonds is 7. The van der Waals surface area contributed by atoms with Gasteiger partial charge in [-0.1, -0.05) is 72.8 Å². The van der Waals surface area contributed by atoms with Crippen molar-refractivity contribution in [1.29, 1.82) is 0 Å². The van der Waals surface area contributed by atoms with Gasteiger partial charge >= 0.3 is 6.01 Å². The van der Waals surface area contributed by atoms with Gasteiger partial charge in [0.05, 0.1) is 19.1 Å². The smallest absolute Gasteiger partial charge is 0.301 e. The van der Waals surface area contributed by atoms with E-state index in [1.165, 1.54) is 0 Å². The number of benzene rings is 3. The van der Waals surface area contributed by atoms with Crippen molar-refractivity contribution in [3.05, 3.63) is 124 Å². The Bertz CT molecular complexity index is 1470. The summed E-state index contributed by atoms with van der Waals surface area (Å²) in [6, 6.07) is 28.5. The first-order chi connectivity index (χ1) is 19.0. The molecule has 0 radical (unpaired) electrons. The Morgan fingerprint density at radius 1 is 1.00 bits per heavy atom. The second-order valence-corrected chi connectivity index (χ2v) is 10.2. The van der Waals surface area contributed by atoms with E-state index >= 15 is 0 Å². The highest BCUT2D eigenvalue weighted by molar-refractivity contribution is 6.18. The number of hydrogen-bond donors (Lipinski definition) is 0. The largest absolute Gasteiger partial charge is 0.497 e. The number of aryl methyl sites for hydroxylation is 1. The maximum Gasteiger partial charge on any atom is 0.301 e. The van der Waals surface area contributed by atoms with Gasteiger partial charge < -0.3 is 18.9 Å². The molecule has 200 valence electrons. The highest BCUT2D eigenvalue weighted by atomic mass is 35.5. The van der Waals surface area contributed by atoms with Gasteiger partial charge in [-0.2, -0.15) is 4.98 Å². The van der Waals surface area contributed by atoms with Crippen LogP contribution >= 0.6 is 11.6 Å². The predicted molar refractivity (Wildman–Crippen MR) is 148 cm³/mol. The minimum atomic E-state index is -0.991. The molecule has 6 rings (SSSR count). The van der Waals surface area contributed by atoms with Crippen molar-refractivity contribution in [3.63, 3.8) is 0 Å². The number of alkyl halides is 1. The summed E-state index contributed by atoms with van der Waals surface area (Å²) in [4.78, 5) is 16.3. The Morgan fingerprint density at radius 2 is 1.62 bits per heavy atom. The molecule has 7 nitrogen and oxygen atoms in total. The monoisotopic (exact) mass is 544 g/mol. The first kappa shape index (κ1) is 25.6. The number of aromatic nitrogens is 2. The van der Waals surface area contributed by atoms with Crippen molar-refractivity contribution < 1.29 is 18.9 Å². The Morgan fingerprint density at radius 3 is 2.21 bits per heavy atom. The lowest BCUT2D eigenvalue weighted by atomic mass is 9.79. The Hall–Kier alpha value is -3.65. The predicted octanol–water partition coefficient (Wildman–Crippen LogP) is 5.23. The molecule has 3 heterocycles. The van der Waals surface area contributed by atoms with Gasteiger partial charge in [0.1, 0.15) is 29.8 Å². The molecule has 3 atom stereocenters. The van der Waals surface area contributed by atoms with E-state index < -0.39 is 23.5 Å². The Balaban J connectivity index is 1.51. The molecule has 2 aliphatic rings. The van der Waals surface area contributed by atoms with Crippen LogP contribution in [0.4, 0.5) is 0 Å². The first-order valence-electron chi connectivity index (χ1n) is 12.9. The number of hydrogen-bond acceptors (Lipinski definition) is 6. The third-order valence-electron chi connectivity index (χ3n) is 7.62. The Kier molecular flexibility index (Phi) is 6.67. The SMILES string of the molecule is COc1ccc(C(O[C@@H]2C[C@H]3O[C@]2(CCl)COc2nc(=O)c(C)cn23)(c2ccccc2)c2ccccc2)cc1. The van der Waals surface area contributed by atoms with Gasteiger partial charge in [-0.25, -0.2) is 0 Å². The minimum Gasteiger partial charge on any atom is -0.497 e. The van der Waals surface area contributed by atoms with E-state index in [9.17, 15) is 4.79 Å². The average molecular weight is 545 g/mol. The Labute approximate surface area is 231 Å². The summed E-state index contributed by atoms with van der Waals surface area (Å²) < 4.78 is 27.2. The lowest BCUT2D eigenvalue weighted by molar-refractivity contribution is -0.140. The summed E-state index contributed by atoms with van der Waals surface area (Å²) in [5.74, 6) is 0.887. The molecule has 1 saturated heterocycles. The van der Waals surface area contributed by atoms with Crippen LogP contribution in [0.15, 0.2) is 95.9 Å². The van der Waals surface area contributed by atoms with Gasteiger partial charge in [0.25, 0.3) is 5.56 Å². The summed E-state index contributed by atoms with van der Waals surface area (Å²) >= 11 is 6.65. The molecule has 0 saturated carbocycles. The van der Waals surface area contributed by atoms with E-state index in [2.05, 4.69) is 29.2 Å². The van der Waals surface area contributed by atoms with Gasteiger partial charge in [-0.3, -0.25) is 9.36 Å². The molecule has 1 fully saturated rings. The molecule has 0 unspecified atom stereocenters. The topological polar surface area (TPSA) is 71.8 Å². The molecule has 1 aromatic heterocycles. The van der Waals surface area contributed by atoms with Gasteiger partial charge in [0.15, 0.2) is 0 Å². The second kappa shape index (κ2) is 10.2. The van der Waals surface area contributed by atoms with Crippen LogP contribution in [0.3, 0.4) is 0 Å². The highest BCUT2D eigenvalue weighted by Gasteiger charge is 2.56. The summed E-state index contributed by atoms with van der Waals surface area (Å²) in [7, 11) is 1.65. The van der Waals surface area contributed by atoms with Crippen LogP contribution < -0.4 is 15.0 Å². The quantitative estimate of drug-likeness (QED) is 0.234. The van der Waals surface area contributed by atoms with Gasteiger partial charge in [0, 0.05) is 18.2 Å². The van der Waals surface area contributed by atoms with Gasteiger partial charge in [0.2, 0.25) is 0 Å². The molecule has 0 amide bonds. The van der Waals surface area contributed by atoms with Crippen molar-refractivity contribution in [2.24, 2.45) is 0 Å². The van der Waals surface area contributed by atoms with Crippen molar-refractivity contribution in [1.82, 2.24) is 9.55 Å². The molecule has 3 aromatic carbocycles. The van der Waals surface area contributed by atoms with Crippen molar-refractivity contribution >= 4 is 11.6 Å². The molecule has 8 heteroatoms. The van der Waals surface area contributed by atoms with Crippen molar-refractivity contribution in [2.45, 2.75) is 36.9 Å². The fourth-order valence-corrected chi connectivity index (χ4v) is 5.85. The fourth-order valence-electron chi connectivity index (χ4n) is 5.54. The van der Waals surface area contributed by atoms with Crippen LogP contribution in [-0.4, -0.2) is 40.9 Å². The lowest BCUT2D eigenvalue weighted by Crippen LogP contribution is -2.51. The lowest BCUT2D eigenvalue weighted by Gasteiger charge is -2.42. The van der Waals surface area contributed by atoms with Crippen LogP contribution in [0, 0.1) is 6.92 Å². The molecular weight excluding hydrogens is 516 g/mol. The first-order valence-corrected chi connectivity index (χ1v) is 13.4. The molecule has 4 aromatic rings. The van der Waals surface area contributed by atoms with E-state index in [1.807, 2.05) is 60.7 Å². The molecule has 39 heavy (non-hydrogen) atoms. The van der Waals surface area contributed by atoms with E-state index in [0.29, 0.717) is 12.0 Å². The fraction of sp³-hybridized carbons (Fsp3) is 0.290. The molecule has 2 bridgehead atoms. The van der Waals surface area contributed by atoms with Crippen LogP contribution in [0.1, 0.15) is 34.9 Å². The maximum atomic E-state index is 12.2. The van der Waals surface area contributed by atoms with Gasteiger partial charge in [-0.05, 0) is 35.7 Å². The average Bonchev–Trinajstić information content (AvgIpc) is 3.27. The van der Waals surface area contributed by atoms with Crippen molar-refractivity contribution in [2.75, 3.05) is 19.6 Å². The number of ether oxygens (including phenoxy) is 4. The third kappa shape index (κ3) is 4.31. The second-order valence-electron chi connectivity index (χ2n) is 9.96. The zero-order valence-electron chi connectivity index (χ0n) is 21.7. The standard InChI is InChI=1S/C31H29ClN2O5/c1-21-18-34-27-17-26(30(19-32,39-27)20-37-29(34)33-28(21)35)38-31(22-9-5-3-6-10-22,23-11-7-4-8-12-23)24-13-15-25(36-2)16-14-24/h3-16,18,26-27H,17,19-20H2,1-2H3/t26-,27-,30-/m1/s1. The normalized spacial score (nSPS) is 22.0. The zero-order chi connectivity index (χ0) is 27.0. The van der Waals surface area contributed by atoms with E-state index in [-0.39, 0.29) is 24.1 Å². The summed E-state index contributed by atoms with van der Waals surface area (Å²) in [6.45, 7) is 1.82. The van der Waals surface area contributed by atoms with Crippen molar-refractivity contribution in [3.8, 4) is 11.8 Å². The summed E-state index contributed by atoms with van der Waals surface area (Å²) in [5, 5.41) is 0.